The molecule has 8 nitrogen and oxygen atoms in total. The molecule has 4 unspecified atom stereocenters. The van der Waals surface area contributed by atoms with Crippen LogP contribution < -0.4 is 9.80 Å². The molecule has 4 aromatic rings. The van der Waals surface area contributed by atoms with Gasteiger partial charge in [0.25, 0.3) is 0 Å². The van der Waals surface area contributed by atoms with Crippen molar-refractivity contribution in [2.75, 3.05) is 9.80 Å². The molecule has 52 heavy (non-hydrogen) atoms. The topological polar surface area (TPSA) is 129 Å². The highest BCUT2D eigenvalue weighted by Gasteiger charge is 2.35. The third kappa shape index (κ3) is 6.75. The Morgan fingerprint density at radius 3 is 1.29 bits per heavy atom. The van der Waals surface area contributed by atoms with Crippen LogP contribution in [-0.2, 0) is 9.59 Å². The van der Waals surface area contributed by atoms with Crippen LogP contribution in [0.1, 0.15) is 61.8 Å². The molecule has 0 spiro atoms. The van der Waals surface area contributed by atoms with Crippen molar-refractivity contribution in [2.24, 2.45) is 0 Å². The Hall–Kier alpha value is -6.64. The fraction of sp³-hybridized carbons (Fsp3) is 0.182. The van der Waals surface area contributed by atoms with Crippen LogP contribution in [0.25, 0.3) is 23.3 Å². The fourth-order valence-corrected chi connectivity index (χ4v) is 7.13. The van der Waals surface area contributed by atoms with E-state index in [4.69, 9.17) is 20.7 Å². The van der Waals surface area contributed by atoms with Crippen molar-refractivity contribution in [3.05, 3.63) is 143 Å². The number of fused-ring (bicyclic) bond motifs is 2. The lowest BCUT2D eigenvalue weighted by atomic mass is 9.96. The van der Waals surface area contributed by atoms with E-state index in [1.165, 1.54) is 23.3 Å². The summed E-state index contributed by atoms with van der Waals surface area (Å²) in [6.45, 7) is 8.89. The van der Waals surface area contributed by atoms with Crippen LogP contribution in [0.3, 0.4) is 0 Å². The molecule has 0 aromatic heterocycles. The number of hydrogen-bond donors (Lipinski definition) is 2. The van der Waals surface area contributed by atoms with Gasteiger partial charge in [-0.05, 0) is 108 Å². The van der Waals surface area contributed by atoms with Gasteiger partial charge in [-0.15, -0.1) is 0 Å². The summed E-state index contributed by atoms with van der Waals surface area (Å²) in [4.78, 5) is 26.9. The summed E-state index contributed by atoms with van der Waals surface area (Å²) in [6.07, 6.45) is 9.46. The standard InChI is InChI=1S/C44H38N4O4/c1-27-29(3)47(41-21-11-31(23-39(27)41)7-5-9-35(25-45)43(49)50)37-17-13-33(14-18-37)34-15-19-38(20-16-34)48-30(4)28(2)40-24-32(12-22-42(40)48)8-6-10-36(26-46)44(51)52/h5-24,27-30H,1-4H3,(H,49,50)(H,51,52)/b7-5+,8-6+,35-9-,36-10+. The number of hydrogen-bond acceptors (Lipinski definition) is 6. The number of anilines is 4. The number of aliphatic carboxylic acids is 2. The molecule has 0 saturated carbocycles. The molecule has 2 heterocycles. The van der Waals surface area contributed by atoms with Crippen molar-refractivity contribution in [2.45, 2.75) is 51.6 Å². The maximum atomic E-state index is 11.1. The first-order valence-electron chi connectivity index (χ1n) is 17.1. The second-order valence-electron chi connectivity index (χ2n) is 13.2. The Labute approximate surface area is 303 Å². The summed E-state index contributed by atoms with van der Waals surface area (Å²) in [5.41, 5.74) is 10.5. The number of rotatable bonds is 9. The van der Waals surface area contributed by atoms with E-state index >= 15 is 0 Å². The second-order valence-corrected chi connectivity index (χ2v) is 13.2. The highest BCUT2D eigenvalue weighted by atomic mass is 16.4. The van der Waals surface area contributed by atoms with Gasteiger partial charge in [0, 0.05) is 46.7 Å². The molecule has 4 atom stereocenters. The van der Waals surface area contributed by atoms with Gasteiger partial charge in [-0.3, -0.25) is 0 Å². The minimum absolute atomic E-state index is 0.237. The minimum Gasteiger partial charge on any atom is -0.477 e. The number of allylic oxidation sites excluding steroid dienone is 4. The molecule has 2 N–H and O–H groups in total. The molecule has 2 aliphatic heterocycles. The normalized spacial score (nSPS) is 19.8. The summed E-state index contributed by atoms with van der Waals surface area (Å²) < 4.78 is 0. The molecule has 8 heteroatoms. The quantitative estimate of drug-likeness (QED) is 0.101. The molecule has 258 valence electrons. The first-order valence-corrected chi connectivity index (χ1v) is 17.1. The van der Waals surface area contributed by atoms with E-state index in [0.717, 1.165) is 45.0 Å². The Morgan fingerprint density at radius 2 is 0.962 bits per heavy atom. The van der Waals surface area contributed by atoms with Crippen molar-refractivity contribution in [3.8, 4) is 23.3 Å². The largest absolute Gasteiger partial charge is 0.477 e. The zero-order chi connectivity index (χ0) is 37.1. The summed E-state index contributed by atoms with van der Waals surface area (Å²) in [5.74, 6) is -1.92. The average Bonchev–Trinajstić information content (AvgIpc) is 3.55. The third-order valence-corrected chi connectivity index (χ3v) is 10.3. The number of benzene rings is 4. The van der Waals surface area contributed by atoms with Crippen molar-refractivity contribution < 1.29 is 19.8 Å². The highest BCUT2D eigenvalue weighted by molar-refractivity contribution is 5.92. The van der Waals surface area contributed by atoms with Gasteiger partial charge in [-0.25, -0.2) is 9.59 Å². The van der Waals surface area contributed by atoms with E-state index in [9.17, 15) is 9.59 Å². The second kappa shape index (κ2) is 14.7. The summed E-state index contributed by atoms with van der Waals surface area (Å²) in [6, 6.07) is 33.7. The summed E-state index contributed by atoms with van der Waals surface area (Å²) in [5, 5.41) is 36.1. The maximum absolute atomic E-state index is 11.1. The van der Waals surface area contributed by atoms with Crippen molar-refractivity contribution in [1.82, 2.24) is 0 Å². The van der Waals surface area contributed by atoms with E-state index in [2.05, 4.69) is 110 Å². The first-order chi connectivity index (χ1) is 25.0. The van der Waals surface area contributed by atoms with Crippen molar-refractivity contribution in [1.29, 1.82) is 10.5 Å². The van der Waals surface area contributed by atoms with E-state index in [1.807, 2.05) is 24.3 Å². The lowest BCUT2D eigenvalue weighted by Crippen LogP contribution is -2.25. The van der Waals surface area contributed by atoms with Gasteiger partial charge in [0.2, 0.25) is 0 Å². The molecule has 0 aliphatic carbocycles. The Morgan fingerprint density at radius 1 is 0.596 bits per heavy atom. The van der Waals surface area contributed by atoms with Gasteiger partial charge in [-0.2, -0.15) is 10.5 Å². The predicted octanol–water partition coefficient (Wildman–Crippen LogP) is 9.74. The Balaban J connectivity index is 1.18. The van der Waals surface area contributed by atoms with E-state index in [1.54, 1.807) is 24.3 Å². The average molecular weight is 687 g/mol. The third-order valence-electron chi connectivity index (χ3n) is 10.3. The number of carboxylic acid groups (broad SMARTS) is 2. The summed E-state index contributed by atoms with van der Waals surface area (Å²) >= 11 is 0. The Kier molecular flexibility index (Phi) is 9.94. The van der Waals surface area contributed by atoms with Gasteiger partial charge in [0.15, 0.2) is 0 Å². The van der Waals surface area contributed by atoms with Gasteiger partial charge in [-0.1, -0.05) is 74.5 Å². The monoisotopic (exact) mass is 686 g/mol. The zero-order valence-electron chi connectivity index (χ0n) is 29.4. The SMILES string of the molecule is CC1c2cc(/C=C/C=C(/C#N)C(=O)O)ccc2N(c2ccc(-c3ccc(N4c5ccc(/C=C/C=C(\C#N)C(=O)O)cc5C(C)C4C)cc3)cc2)C1C. The van der Waals surface area contributed by atoms with E-state index in [0.29, 0.717) is 0 Å². The van der Waals surface area contributed by atoms with E-state index < -0.39 is 11.9 Å². The number of nitriles is 2. The number of carbonyl (C=O) groups is 2. The van der Waals surface area contributed by atoms with Gasteiger partial charge >= 0.3 is 11.9 Å². The molecular formula is C44H38N4O4. The molecule has 6 rings (SSSR count). The predicted molar refractivity (Wildman–Crippen MR) is 206 cm³/mol. The minimum atomic E-state index is -1.24. The lowest BCUT2D eigenvalue weighted by molar-refractivity contribution is -0.133. The lowest BCUT2D eigenvalue weighted by Gasteiger charge is -2.27. The molecule has 0 amide bonds. The maximum Gasteiger partial charge on any atom is 0.346 e. The van der Waals surface area contributed by atoms with Crippen LogP contribution in [0.15, 0.2) is 120 Å². The molecular weight excluding hydrogens is 649 g/mol. The number of nitrogens with zero attached hydrogens (tertiary/aromatic N) is 4. The van der Waals surface area contributed by atoms with Gasteiger partial charge in [0.1, 0.15) is 23.3 Å². The van der Waals surface area contributed by atoms with Crippen molar-refractivity contribution in [3.63, 3.8) is 0 Å². The van der Waals surface area contributed by atoms with Crippen LogP contribution in [0.4, 0.5) is 22.7 Å². The highest BCUT2D eigenvalue weighted by Crippen LogP contribution is 2.47. The van der Waals surface area contributed by atoms with Gasteiger partial charge < -0.3 is 20.0 Å². The molecule has 2 aliphatic rings. The smallest absolute Gasteiger partial charge is 0.346 e. The first kappa shape index (κ1) is 35.2. The Bertz CT molecular complexity index is 2090. The molecule has 0 bridgehead atoms. The van der Waals surface area contributed by atoms with Crippen LogP contribution in [-0.4, -0.2) is 34.2 Å². The number of carboxylic acids is 2. The van der Waals surface area contributed by atoms with Crippen LogP contribution in [0.2, 0.25) is 0 Å². The van der Waals surface area contributed by atoms with Crippen LogP contribution >= 0.6 is 0 Å². The molecule has 0 radical (unpaired) electrons. The molecule has 0 saturated heterocycles. The molecule has 0 fully saturated rings. The zero-order valence-corrected chi connectivity index (χ0v) is 29.4. The van der Waals surface area contributed by atoms with Crippen LogP contribution in [0, 0.1) is 22.7 Å². The molecule has 4 aromatic carbocycles. The summed E-state index contributed by atoms with van der Waals surface area (Å²) in [7, 11) is 0. The van der Waals surface area contributed by atoms with E-state index in [-0.39, 0.29) is 35.1 Å². The van der Waals surface area contributed by atoms with Crippen LogP contribution in [0.5, 0.6) is 0 Å². The van der Waals surface area contributed by atoms with Crippen molar-refractivity contribution >= 4 is 46.8 Å². The fourth-order valence-electron chi connectivity index (χ4n) is 7.13. The van der Waals surface area contributed by atoms with Gasteiger partial charge in [0.05, 0.1) is 0 Å².